The molecule has 128 valence electrons. The predicted molar refractivity (Wildman–Crippen MR) is 99.3 cm³/mol. The Morgan fingerprint density at radius 2 is 1.79 bits per heavy atom. The Balaban J connectivity index is 2.03. The first-order valence-electron chi connectivity index (χ1n) is 8.22. The molecule has 0 radical (unpaired) electrons. The molecule has 0 saturated carbocycles. The molecule has 3 rings (SSSR count). The third kappa shape index (κ3) is 2.97. The lowest BCUT2D eigenvalue weighted by Crippen LogP contribution is -2.35. The molecule has 24 heavy (non-hydrogen) atoms. The maximum Gasteiger partial charge on any atom is 0.138 e. The van der Waals surface area contributed by atoms with Crippen molar-refractivity contribution >= 4 is 28.9 Å². The monoisotopic (exact) mass is 365 g/mol. The molecule has 1 atom stereocenters. The van der Waals surface area contributed by atoms with Crippen LogP contribution in [0.15, 0.2) is 36.4 Å². The van der Waals surface area contributed by atoms with E-state index in [9.17, 15) is 10.2 Å². The minimum Gasteiger partial charge on any atom is -0.507 e. The Hall–Kier alpha value is -1.42. The molecule has 2 aromatic carbocycles. The molecule has 3 nitrogen and oxygen atoms in total. The minimum atomic E-state index is -1.30. The molecule has 5 heteroatoms. The lowest BCUT2D eigenvalue weighted by atomic mass is 9.87. The maximum absolute atomic E-state index is 11.4. The number of halogens is 2. The van der Waals surface area contributed by atoms with Crippen LogP contribution in [-0.2, 0) is 5.60 Å². The summed E-state index contributed by atoms with van der Waals surface area (Å²) >= 11 is 12.1. The Labute approximate surface area is 152 Å². The largest absolute Gasteiger partial charge is 0.507 e. The van der Waals surface area contributed by atoms with Crippen molar-refractivity contribution in [1.82, 2.24) is 0 Å². The molecule has 0 spiro atoms. The van der Waals surface area contributed by atoms with Gasteiger partial charge >= 0.3 is 0 Å². The van der Waals surface area contributed by atoms with E-state index in [1.165, 1.54) is 6.07 Å². The van der Waals surface area contributed by atoms with Gasteiger partial charge in [0, 0.05) is 29.4 Å². The van der Waals surface area contributed by atoms with Gasteiger partial charge in [-0.1, -0.05) is 61.2 Å². The third-order valence-corrected chi connectivity index (χ3v) is 5.35. The van der Waals surface area contributed by atoms with E-state index in [4.69, 9.17) is 23.2 Å². The van der Waals surface area contributed by atoms with Gasteiger partial charge in [-0.05, 0) is 18.6 Å². The number of anilines is 1. The van der Waals surface area contributed by atoms with E-state index in [0.29, 0.717) is 17.1 Å². The van der Waals surface area contributed by atoms with Crippen LogP contribution >= 0.6 is 23.2 Å². The molecule has 0 amide bonds. The van der Waals surface area contributed by atoms with Gasteiger partial charge < -0.3 is 15.1 Å². The van der Waals surface area contributed by atoms with Crippen LogP contribution < -0.4 is 4.90 Å². The summed E-state index contributed by atoms with van der Waals surface area (Å²) in [4.78, 5) is 2.17. The van der Waals surface area contributed by atoms with Crippen molar-refractivity contribution in [3.8, 4) is 5.75 Å². The smallest absolute Gasteiger partial charge is 0.138 e. The second kappa shape index (κ2) is 6.83. The summed E-state index contributed by atoms with van der Waals surface area (Å²) in [5, 5.41) is 22.4. The van der Waals surface area contributed by atoms with Gasteiger partial charge in [-0.15, -0.1) is 0 Å². The lowest BCUT2D eigenvalue weighted by Gasteiger charge is -2.27. The summed E-state index contributed by atoms with van der Waals surface area (Å²) in [5.41, 5.74) is 0.875. The van der Waals surface area contributed by atoms with Gasteiger partial charge in [0.1, 0.15) is 11.4 Å². The zero-order valence-corrected chi connectivity index (χ0v) is 15.1. The second-order valence-corrected chi connectivity index (χ2v) is 7.10. The fraction of sp³-hybridized carbons (Fsp3) is 0.368. The van der Waals surface area contributed by atoms with E-state index < -0.39 is 5.60 Å². The summed E-state index contributed by atoms with van der Waals surface area (Å²) in [6.45, 7) is 3.43. The number of rotatable bonds is 5. The second-order valence-electron chi connectivity index (χ2n) is 6.29. The highest BCUT2D eigenvalue weighted by Gasteiger charge is 2.44. The normalized spacial score (nSPS) is 19.6. The molecule has 0 fully saturated rings. The number of para-hydroxylation sites is 1. The van der Waals surface area contributed by atoms with Crippen LogP contribution in [0.3, 0.4) is 0 Å². The Bertz CT molecular complexity index is 750. The van der Waals surface area contributed by atoms with Crippen molar-refractivity contribution in [2.24, 2.45) is 0 Å². The highest BCUT2D eigenvalue weighted by molar-refractivity contribution is 6.42. The van der Waals surface area contributed by atoms with Gasteiger partial charge in [0.05, 0.1) is 16.6 Å². The first-order chi connectivity index (χ1) is 11.5. The number of fused-ring (bicyclic) bond motifs is 1. The number of phenols is 1. The summed E-state index contributed by atoms with van der Waals surface area (Å²) in [6.07, 6.45) is 3.36. The summed E-state index contributed by atoms with van der Waals surface area (Å²) in [5.74, 6) is -0.0443. The predicted octanol–water partition coefficient (Wildman–Crippen LogP) is 4.95. The fourth-order valence-corrected chi connectivity index (χ4v) is 3.72. The first-order valence-corrected chi connectivity index (χ1v) is 8.98. The summed E-state index contributed by atoms with van der Waals surface area (Å²) in [6, 6.07) is 10.7. The molecule has 2 aromatic rings. The van der Waals surface area contributed by atoms with Crippen molar-refractivity contribution in [2.45, 2.75) is 31.8 Å². The number of aliphatic hydroxyl groups is 1. The van der Waals surface area contributed by atoms with E-state index >= 15 is 0 Å². The zero-order valence-electron chi connectivity index (χ0n) is 13.6. The van der Waals surface area contributed by atoms with Gasteiger partial charge in [0.2, 0.25) is 0 Å². The van der Waals surface area contributed by atoms with Crippen LogP contribution in [0.1, 0.15) is 37.3 Å². The van der Waals surface area contributed by atoms with Crippen LogP contribution in [0.5, 0.6) is 5.75 Å². The molecular weight excluding hydrogens is 345 g/mol. The van der Waals surface area contributed by atoms with Crippen LogP contribution in [0.2, 0.25) is 10.0 Å². The van der Waals surface area contributed by atoms with E-state index in [-0.39, 0.29) is 10.8 Å². The molecule has 1 aliphatic rings. The Kier molecular flexibility index (Phi) is 4.95. The Morgan fingerprint density at radius 3 is 2.54 bits per heavy atom. The average molecular weight is 366 g/mol. The molecule has 2 N–H and O–H groups in total. The topological polar surface area (TPSA) is 43.7 Å². The number of hydrogen-bond acceptors (Lipinski definition) is 3. The van der Waals surface area contributed by atoms with Gasteiger partial charge in [-0.2, -0.15) is 0 Å². The van der Waals surface area contributed by atoms with Crippen molar-refractivity contribution < 1.29 is 10.2 Å². The van der Waals surface area contributed by atoms with Gasteiger partial charge in [-0.25, -0.2) is 0 Å². The molecule has 1 heterocycles. The number of benzene rings is 2. The maximum atomic E-state index is 11.4. The van der Waals surface area contributed by atoms with Crippen molar-refractivity contribution in [3.05, 3.63) is 57.6 Å². The molecule has 1 unspecified atom stereocenters. The lowest BCUT2D eigenvalue weighted by molar-refractivity contribution is 0.0950. The fourth-order valence-electron chi connectivity index (χ4n) is 3.40. The number of hydrogen-bond donors (Lipinski definition) is 2. The number of unbranched alkanes of at least 4 members (excludes halogenated alkanes) is 2. The third-order valence-electron chi connectivity index (χ3n) is 4.63. The van der Waals surface area contributed by atoms with Gasteiger partial charge in [0.25, 0.3) is 0 Å². The number of β-amino-alcohol motifs (C(OH)–C–C–N with tert-alkyl or cyclic N) is 1. The van der Waals surface area contributed by atoms with Crippen molar-refractivity contribution in [1.29, 1.82) is 0 Å². The van der Waals surface area contributed by atoms with Crippen molar-refractivity contribution in [2.75, 3.05) is 18.0 Å². The molecule has 0 saturated heterocycles. The minimum absolute atomic E-state index is 0.0443. The summed E-state index contributed by atoms with van der Waals surface area (Å²) in [7, 11) is 0. The highest BCUT2D eigenvalue weighted by atomic mass is 35.5. The number of phenolic OH excluding ortho intramolecular Hbond substituents is 1. The van der Waals surface area contributed by atoms with Crippen LogP contribution in [0.4, 0.5) is 5.69 Å². The SMILES string of the molecule is CCCCCN1CC(O)(c2cc(Cl)c(Cl)cc2O)c2ccccc21. The number of aromatic hydroxyl groups is 1. The van der Waals surface area contributed by atoms with E-state index in [0.717, 1.165) is 37.1 Å². The standard InChI is InChI=1S/C19H21Cl2NO2/c1-2-3-6-9-22-12-19(24,13-7-4-5-8-17(13)22)14-10-15(20)16(21)11-18(14)23/h4-5,7-8,10-11,23-24H,2-3,6,9,12H2,1H3. The van der Waals surface area contributed by atoms with E-state index in [2.05, 4.69) is 11.8 Å². The quantitative estimate of drug-likeness (QED) is 0.737. The van der Waals surface area contributed by atoms with Crippen LogP contribution in [-0.4, -0.2) is 23.3 Å². The number of nitrogens with zero attached hydrogens (tertiary/aromatic N) is 1. The van der Waals surface area contributed by atoms with Crippen LogP contribution in [0, 0.1) is 0 Å². The molecule has 0 aromatic heterocycles. The van der Waals surface area contributed by atoms with E-state index in [1.54, 1.807) is 6.07 Å². The average Bonchev–Trinajstić information content (AvgIpc) is 2.85. The first kappa shape index (κ1) is 17.4. The molecular formula is C19H21Cl2NO2. The van der Waals surface area contributed by atoms with Gasteiger partial charge in [0.15, 0.2) is 0 Å². The van der Waals surface area contributed by atoms with Crippen molar-refractivity contribution in [3.63, 3.8) is 0 Å². The summed E-state index contributed by atoms with van der Waals surface area (Å²) < 4.78 is 0. The van der Waals surface area contributed by atoms with E-state index in [1.807, 2.05) is 24.3 Å². The highest BCUT2D eigenvalue weighted by Crippen LogP contribution is 2.47. The van der Waals surface area contributed by atoms with Crippen LogP contribution in [0.25, 0.3) is 0 Å². The Morgan fingerprint density at radius 1 is 1.08 bits per heavy atom. The van der Waals surface area contributed by atoms with Gasteiger partial charge in [-0.3, -0.25) is 0 Å². The molecule has 0 bridgehead atoms. The molecule has 0 aliphatic carbocycles. The zero-order chi connectivity index (χ0) is 17.3. The molecule has 1 aliphatic heterocycles.